The van der Waals surface area contributed by atoms with Crippen LogP contribution in [0.15, 0.2) is 48.5 Å². The van der Waals surface area contributed by atoms with Gasteiger partial charge in [0.2, 0.25) is 5.91 Å². The fourth-order valence-corrected chi connectivity index (χ4v) is 4.29. The van der Waals surface area contributed by atoms with Crippen LogP contribution in [0, 0.1) is 11.8 Å². The van der Waals surface area contributed by atoms with Crippen molar-refractivity contribution < 1.29 is 24.2 Å². The molecule has 1 atom stereocenters. The number of alkyl carbamates (subject to hydrolysis) is 1. The Morgan fingerprint density at radius 3 is 2.10 bits per heavy atom. The highest BCUT2D eigenvalue weighted by atomic mass is 16.5. The Balaban J connectivity index is 1.39. The summed E-state index contributed by atoms with van der Waals surface area (Å²) in [5.74, 6) is -1.93. The van der Waals surface area contributed by atoms with Gasteiger partial charge < -0.3 is 20.1 Å². The van der Waals surface area contributed by atoms with Crippen molar-refractivity contribution in [2.24, 2.45) is 11.8 Å². The van der Waals surface area contributed by atoms with Gasteiger partial charge >= 0.3 is 12.1 Å². The van der Waals surface area contributed by atoms with Gasteiger partial charge in [0.1, 0.15) is 12.6 Å². The summed E-state index contributed by atoms with van der Waals surface area (Å²) in [6.07, 6.45) is -0.649. The first-order valence-electron chi connectivity index (χ1n) is 10.5. The predicted octanol–water partition coefficient (Wildman–Crippen LogP) is 3.09. The molecule has 1 heterocycles. The lowest BCUT2D eigenvalue weighted by Gasteiger charge is -2.39. The Bertz CT molecular complexity index is 967. The molecule has 0 saturated carbocycles. The summed E-state index contributed by atoms with van der Waals surface area (Å²) >= 11 is 0. The fourth-order valence-electron chi connectivity index (χ4n) is 4.29. The van der Waals surface area contributed by atoms with Crippen molar-refractivity contribution in [3.63, 3.8) is 0 Å². The van der Waals surface area contributed by atoms with Crippen LogP contribution in [0.4, 0.5) is 4.79 Å². The Morgan fingerprint density at radius 1 is 1.03 bits per heavy atom. The molecule has 2 N–H and O–H groups in total. The third-order valence-corrected chi connectivity index (χ3v) is 6.09. The third kappa shape index (κ3) is 4.00. The van der Waals surface area contributed by atoms with Crippen molar-refractivity contribution in [2.45, 2.75) is 25.8 Å². The quantitative estimate of drug-likeness (QED) is 0.746. The number of fused-ring (bicyclic) bond motifs is 3. The largest absolute Gasteiger partial charge is 0.481 e. The molecule has 31 heavy (non-hydrogen) atoms. The first-order chi connectivity index (χ1) is 14.9. The van der Waals surface area contributed by atoms with E-state index in [1.807, 2.05) is 50.2 Å². The smallest absolute Gasteiger partial charge is 0.407 e. The highest BCUT2D eigenvalue weighted by Gasteiger charge is 2.40. The molecule has 1 aliphatic carbocycles. The van der Waals surface area contributed by atoms with Crippen LogP contribution in [0.25, 0.3) is 11.1 Å². The minimum absolute atomic E-state index is 0.0574. The van der Waals surface area contributed by atoms with E-state index in [1.54, 1.807) is 0 Å². The van der Waals surface area contributed by atoms with E-state index in [4.69, 9.17) is 9.84 Å². The van der Waals surface area contributed by atoms with Crippen LogP contribution in [0.3, 0.4) is 0 Å². The van der Waals surface area contributed by atoms with E-state index >= 15 is 0 Å². The third-order valence-electron chi connectivity index (χ3n) is 6.09. The van der Waals surface area contributed by atoms with Gasteiger partial charge in [-0.05, 0) is 28.2 Å². The number of ether oxygens (including phenoxy) is 1. The maximum atomic E-state index is 12.7. The molecule has 1 aliphatic heterocycles. The average Bonchev–Trinajstić information content (AvgIpc) is 3.02. The fraction of sp³-hybridized carbons (Fsp3) is 0.375. The second-order valence-electron chi connectivity index (χ2n) is 8.47. The van der Waals surface area contributed by atoms with Gasteiger partial charge in [-0.15, -0.1) is 0 Å². The molecule has 162 valence electrons. The summed E-state index contributed by atoms with van der Waals surface area (Å²) in [7, 11) is 0. The molecule has 4 rings (SSSR count). The molecular weight excluding hydrogens is 396 g/mol. The maximum Gasteiger partial charge on any atom is 0.407 e. The Morgan fingerprint density at radius 2 is 1.58 bits per heavy atom. The number of aliphatic carboxylic acids is 1. The van der Waals surface area contributed by atoms with E-state index < -0.39 is 24.0 Å². The van der Waals surface area contributed by atoms with Crippen LogP contribution >= 0.6 is 0 Å². The molecule has 2 aromatic carbocycles. The van der Waals surface area contributed by atoms with Crippen molar-refractivity contribution in [2.75, 3.05) is 19.7 Å². The van der Waals surface area contributed by atoms with Gasteiger partial charge in [0.15, 0.2) is 0 Å². The first kappa shape index (κ1) is 20.9. The first-order valence-corrected chi connectivity index (χ1v) is 10.5. The second kappa shape index (κ2) is 8.41. The number of rotatable bonds is 6. The second-order valence-corrected chi connectivity index (χ2v) is 8.47. The zero-order valence-corrected chi connectivity index (χ0v) is 17.6. The number of nitrogens with one attached hydrogen (secondary N) is 1. The molecular formula is C24H26N2O5. The summed E-state index contributed by atoms with van der Waals surface area (Å²) in [5.41, 5.74) is 4.53. The number of likely N-dealkylation sites (tertiary alicyclic amines) is 1. The van der Waals surface area contributed by atoms with Crippen molar-refractivity contribution in [3.8, 4) is 11.1 Å². The van der Waals surface area contributed by atoms with Crippen LogP contribution in [0.1, 0.15) is 30.9 Å². The molecule has 0 aromatic heterocycles. The molecule has 7 heteroatoms. The molecule has 0 unspecified atom stereocenters. The number of carbonyl (C=O) groups is 3. The standard InChI is InChI=1S/C24H26N2O5/c1-14(2)21(22(27)26-11-15(12-26)23(28)29)25-24(30)31-13-20-18-9-5-3-7-16(18)17-8-4-6-10-19(17)20/h3-10,14-15,20-21H,11-13H2,1-2H3,(H,25,30)(H,28,29)/t21-/m1/s1. The van der Waals surface area contributed by atoms with Gasteiger partial charge in [-0.25, -0.2) is 4.79 Å². The Labute approximate surface area is 181 Å². The maximum absolute atomic E-state index is 12.7. The molecule has 7 nitrogen and oxygen atoms in total. The lowest BCUT2D eigenvalue weighted by Crippen LogP contribution is -2.60. The van der Waals surface area contributed by atoms with Crippen LogP contribution in [0.5, 0.6) is 0 Å². The molecule has 2 amide bonds. The topological polar surface area (TPSA) is 95.9 Å². The molecule has 1 saturated heterocycles. The van der Waals surface area contributed by atoms with E-state index in [1.165, 1.54) is 4.90 Å². The molecule has 0 radical (unpaired) electrons. The van der Waals surface area contributed by atoms with Crippen LogP contribution in [-0.2, 0) is 14.3 Å². The normalized spacial score (nSPS) is 16.3. The zero-order valence-electron chi connectivity index (χ0n) is 17.6. The number of hydrogen-bond acceptors (Lipinski definition) is 4. The van der Waals surface area contributed by atoms with Gasteiger partial charge in [-0.3, -0.25) is 9.59 Å². The molecule has 0 spiro atoms. The average molecular weight is 422 g/mol. The van der Waals surface area contributed by atoms with Gasteiger partial charge in [0.25, 0.3) is 0 Å². The van der Waals surface area contributed by atoms with Gasteiger partial charge in [-0.1, -0.05) is 62.4 Å². The molecule has 1 fully saturated rings. The summed E-state index contributed by atoms with van der Waals surface area (Å²) in [6.45, 7) is 4.18. The number of carboxylic acids is 1. The SMILES string of the molecule is CC(C)[C@@H](NC(=O)OCC1c2ccccc2-c2ccccc21)C(=O)N1CC(C(=O)O)C1. The predicted molar refractivity (Wildman–Crippen MR) is 115 cm³/mol. The minimum atomic E-state index is -0.908. The van der Waals surface area contributed by atoms with Crippen LogP contribution in [0.2, 0.25) is 0 Å². The van der Waals surface area contributed by atoms with Gasteiger partial charge in [-0.2, -0.15) is 0 Å². The van der Waals surface area contributed by atoms with E-state index in [2.05, 4.69) is 17.4 Å². The number of carboxylic acid groups (broad SMARTS) is 1. The number of benzene rings is 2. The lowest BCUT2D eigenvalue weighted by molar-refractivity contribution is -0.154. The summed E-state index contributed by atoms with van der Waals surface area (Å²) in [4.78, 5) is 37.7. The minimum Gasteiger partial charge on any atom is -0.481 e. The van der Waals surface area contributed by atoms with E-state index in [0.29, 0.717) is 0 Å². The number of nitrogens with zero attached hydrogens (tertiary/aromatic N) is 1. The van der Waals surface area contributed by atoms with E-state index in [0.717, 1.165) is 22.3 Å². The van der Waals surface area contributed by atoms with E-state index in [9.17, 15) is 14.4 Å². The highest BCUT2D eigenvalue weighted by molar-refractivity contribution is 5.88. The summed E-state index contributed by atoms with van der Waals surface area (Å²) in [6, 6.07) is 15.4. The number of amides is 2. The van der Waals surface area contributed by atoms with Crippen LogP contribution in [-0.4, -0.2) is 53.7 Å². The Kier molecular flexibility index (Phi) is 5.67. The number of hydrogen-bond donors (Lipinski definition) is 2. The van der Waals surface area contributed by atoms with Gasteiger partial charge in [0, 0.05) is 19.0 Å². The summed E-state index contributed by atoms with van der Waals surface area (Å²) in [5, 5.41) is 11.7. The van der Waals surface area contributed by atoms with E-state index in [-0.39, 0.29) is 37.4 Å². The van der Waals surface area contributed by atoms with Crippen molar-refractivity contribution >= 4 is 18.0 Å². The van der Waals surface area contributed by atoms with Crippen LogP contribution < -0.4 is 5.32 Å². The van der Waals surface area contributed by atoms with Gasteiger partial charge in [0.05, 0.1) is 5.92 Å². The monoisotopic (exact) mass is 422 g/mol. The van der Waals surface area contributed by atoms with Crippen molar-refractivity contribution in [1.29, 1.82) is 0 Å². The Hall–Kier alpha value is -3.35. The molecule has 2 aliphatic rings. The summed E-state index contributed by atoms with van der Waals surface area (Å²) < 4.78 is 5.55. The van der Waals surface area contributed by atoms with Crippen molar-refractivity contribution in [1.82, 2.24) is 10.2 Å². The molecule has 0 bridgehead atoms. The highest BCUT2D eigenvalue weighted by Crippen LogP contribution is 2.44. The number of carbonyl (C=O) groups excluding carboxylic acids is 2. The molecule has 2 aromatic rings. The van der Waals surface area contributed by atoms with Crippen molar-refractivity contribution in [3.05, 3.63) is 59.7 Å². The lowest BCUT2D eigenvalue weighted by atomic mass is 9.96. The zero-order chi connectivity index (χ0) is 22.1.